The highest BCUT2D eigenvalue weighted by Gasteiger charge is 2.13. The molecule has 118 valence electrons. The summed E-state index contributed by atoms with van der Waals surface area (Å²) in [6.07, 6.45) is 0. The number of hydrogen-bond acceptors (Lipinski definition) is 6. The van der Waals surface area contributed by atoms with Crippen LogP contribution in [0.25, 0.3) is 0 Å². The van der Waals surface area contributed by atoms with E-state index in [-0.39, 0.29) is 29.3 Å². The Bertz CT molecular complexity index is 788. The third-order valence-corrected chi connectivity index (χ3v) is 3.25. The van der Waals surface area contributed by atoms with Gasteiger partial charge in [-0.05, 0) is 12.5 Å². The number of nitrogens with one attached hydrogen (secondary N) is 1. The lowest BCUT2D eigenvalue weighted by Crippen LogP contribution is -2.15. The molecular formula is C15H13N3O5. The van der Waals surface area contributed by atoms with E-state index in [0.717, 1.165) is 5.56 Å². The summed E-state index contributed by atoms with van der Waals surface area (Å²) in [6, 6.07) is 9.72. The second-order valence-corrected chi connectivity index (χ2v) is 4.84. The summed E-state index contributed by atoms with van der Waals surface area (Å²) >= 11 is 0. The lowest BCUT2D eigenvalue weighted by atomic mass is 10.1. The first-order chi connectivity index (χ1) is 10.9. The van der Waals surface area contributed by atoms with Gasteiger partial charge in [-0.2, -0.15) is 0 Å². The Morgan fingerprint density at radius 1 is 1.04 bits per heavy atom. The number of carbonyl (C=O) groups is 1. The Morgan fingerprint density at radius 2 is 1.70 bits per heavy atom. The van der Waals surface area contributed by atoms with Crippen LogP contribution in [0.3, 0.4) is 0 Å². The summed E-state index contributed by atoms with van der Waals surface area (Å²) in [6.45, 7) is 1.63. The standard InChI is InChI=1S/C15H13N3O5/c1-10-5-6-13(18(22)23)8-14(10)16-9-15(19)11-3-2-4-12(7-11)17(20)21/h2-8,16H,9H2,1H3. The van der Waals surface area contributed by atoms with Crippen LogP contribution in [0, 0.1) is 27.2 Å². The van der Waals surface area contributed by atoms with Crippen LogP contribution in [0.2, 0.25) is 0 Å². The maximum atomic E-state index is 12.1. The summed E-state index contributed by atoms with van der Waals surface area (Å²) in [7, 11) is 0. The van der Waals surface area contributed by atoms with Crippen molar-refractivity contribution < 1.29 is 14.6 Å². The normalized spacial score (nSPS) is 10.1. The van der Waals surface area contributed by atoms with Crippen LogP contribution < -0.4 is 5.32 Å². The molecule has 0 saturated carbocycles. The number of aryl methyl sites for hydroxylation is 1. The lowest BCUT2D eigenvalue weighted by Gasteiger charge is -2.08. The van der Waals surface area contributed by atoms with Crippen molar-refractivity contribution in [2.24, 2.45) is 0 Å². The maximum Gasteiger partial charge on any atom is 0.271 e. The first-order valence-electron chi connectivity index (χ1n) is 6.65. The SMILES string of the molecule is Cc1ccc([N+](=O)[O-])cc1NCC(=O)c1cccc([N+](=O)[O-])c1. The van der Waals surface area contributed by atoms with Crippen LogP contribution in [0.1, 0.15) is 15.9 Å². The average molecular weight is 315 g/mol. The van der Waals surface area contributed by atoms with Crippen LogP contribution in [-0.4, -0.2) is 22.2 Å². The van der Waals surface area contributed by atoms with E-state index in [1.54, 1.807) is 13.0 Å². The van der Waals surface area contributed by atoms with Gasteiger partial charge in [-0.1, -0.05) is 18.2 Å². The first kappa shape index (κ1) is 16.1. The van der Waals surface area contributed by atoms with Gasteiger partial charge in [0.1, 0.15) is 0 Å². The van der Waals surface area contributed by atoms with E-state index in [9.17, 15) is 25.0 Å². The zero-order valence-corrected chi connectivity index (χ0v) is 12.2. The second kappa shape index (κ2) is 6.65. The average Bonchev–Trinajstić information content (AvgIpc) is 2.53. The van der Waals surface area contributed by atoms with Crippen molar-refractivity contribution >= 4 is 22.8 Å². The number of carbonyl (C=O) groups excluding carboxylic acids is 1. The number of rotatable bonds is 6. The molecule has 0 saturated heterocycles. The Morgan fingerprint density at radius 3 is 2.35 bits per heavy atom. The van der Waals surface area contributed by atoms with Crippen LogP contribution in [0.15, 0.2) is 42.5 Å². The van der Waals surface area contributed by atoms with Gasteiger partial charge in [0.25, 0.3) is 11.4 Å². The van der Waals surface area contributed by atoms with E-state index in [2.05, 4.69) is 5.32 Å². The van der Waals surface area contributed by atoms with Gasteiger partial charge in [-0.25, -0.2) is 0 Å². The highest BCUT2D eigenvalue weighted by molar-refractivity contribution is 5.99. The minimum absolute atomic E-state index is 0.0825. The van der Waals surface area contributed by atoms with Gasteiger partial charge in [0.2, 0.25) is 0 Å². The number of Topliss-reactive ketones (excluding diaryl/α,β-unsaturated/α-hetero) is 1. The van der Waals surface area contributed by atoms with E-state index in [1.165, 1.54) is 36.4 Å². The van der Waals surface area contributed by atoms with Gasteiger partial charge >= 0.3 is 0 Å². The summed E-state index contributed by atoms with van der Waals surface area (Å²) in [5.41, 5.74) is 1.18. The highest BCUT2D eigenvalue weighted by atomic mass is 16.6. The molecule has 2 rings (SSSR count). The maximum absolute atomic E-state index is 12.1. The summed E-state index contributed by atoms with van der Waals surface area (Å²) in [4.78, 5) is 32.5. The number of nitro benzene ring substituents is 2. The second-order valence-electron chi connectivity index (χ2n) is 4.84. The van der Waals surface area contributed by atoms with Gasteiger partial charge < -0.3 is 5.32 Å². The van der Waals surface area contributed by atoms with Crippen molar-refractivity contribution in [3.8, 4) is 0 Å². The van der Waals surface area contributed by atoms with Crippen molar-refractivity contribution in [1.29, 1.82) is 0 Å². The van der Waals surface area contributed by atoms with Gasteiger partial charge in [-0.15, -0.1) is 0 Å². The monoisotopic (exact) mass is 315 g/mol. The van der Waals surface area contributed by atoms with E-state index < -0.39 is 9.85 Å². The number of non-ortho nitro benzene ring substituents is 2. The number of anilines is 1. The number of benzene rings is 2. The number of nitrogens with zero attached hydrogens (tertiary/aromatic N) is 2. The fourth-order valence-electron chi connectivity index (χ4n) is 1.98. The molecule has 0 fully saturated rings. The minimum Gasteiger partial charge on any atom is -0.377 e. The molecule has 8 heteroatoms. The van der Waals surface area contributed by atoms with Crippen molar-refractivity contribution in [1.82, 2.24) is 0 Å². The molecule has 2 aromatic carbocycles. The van der Waals surface area contributed by atoms with Gasteiger partial charge in [-0.3, -0.25) is 25.0 Å². The first-order valence-corrected chi connectivity index (χ1v) is 6.65. The fourth-order valence-corrected chi connectivity index (χ4v) is 1.98. The summed E-state index contributed by atoms with van der Waals surface area (Å²) in [5, 5.41) is 24.3. The molecule has 0 radical (unpaired) electrons. The predicted molar refractivity (Wildman–Crippen MR) is 83.8 cm³/mol. The number of hydrogen-bond donors (Lipinski definition) is 1. The van der Waals surface area contributed by atoms with E-state index >= 15 is 0 Å². The molecule has 0 unspecified atom stereocenters. The Balaban J connectivity index is 2.13. The van der Waals surface area contributed by atoms with Crippen molar-refractivity contribution in [2.45, 2.75) is 6.92 Å². The van der Waals surface area contributed by atoms with Crippen LogP contribution in [-0.2, 0) is 0 Å². The molecule has 23 heavy (non-hydrogen) atoms. The molecule has 2 aromatic rings. The molecule has 0 aromatic heterocycles. The Labute approximate surface area is 131 Å². The molecule has 0 amide bonds. The number of ketones is 1. The molecule has 0 aliphatic carbocycles. The number of nitro groups is 2. The molecule has 0 spiro atoms. The zero-order valence-electron chi connectivity index (χ0n) is 12.2. The Kier molecular flexibility index (Phi) is 4.65. The molecule has 0 bridgehead atoms. The van der Waals surface area contributed by atoms with E-state index in [0.29, 0.717) is 5.69 Å². The molecule has 1 N–H and O–H groups in total. The summed E-state index contributed by atoms with van der Waals surface area (Å²) < 4.78 is 0. The van der Waals surface area contributed by atoms with Gasteiger partial charge in [0, 0.05) is 35.5 Å². The third-order valence-electron chi connectivity index (χ3n) is 3.25. The van der Waals surface area contributed by atoms with E-state index in [1.807, 2.05) is 0 Å². The highest BCUT2D eigenvalue weighted by Crippen LogP contribution is 2.22. The van der Waals surface area contributed by atoms with E-state index in [4.69, 9.17) is 0 Å². The van der Waals surface area contributed by atoms with Crippen LogP contribution >= 0.6 is 0 Å². The largest absolute Gasteiger partial charge is 0.377 e. The lowest BCUT2D eigenvalue weighted by molar-refractivity contribution is -0.385. The Hall–Kier alpha value is -3.29. The topological polar surface area (TPSA) is 115 Å². The van der Waals surface area contributed by atoms with Crippen LogP contribution in [0.5, 0.6) is 0 Å². The van der Waals surface area contributed by atoms with Crippen LogP contribution in [0.4, 0.5) is 17.1 Å². The summed E-state index contributed by atoms with van der Waals surface area (Å²) in [5.74, 6) is -0.348. The molecular weight excluding hydrogens is 302 g/mol. The van der Waals surface area contributed by atoms with Crippen molar-refractivity contribution in [3.05, 3.63) is 73.8 Å². The smallest absolute Gasteiger partial charge is 0.271 e. The van der Waals surface area contributed by atoms with Gasteiger partial charge in [0.05, 0.1) is 16.4 Å². The predicted octanol–water partition coefficient (Wildman–Crippen LogP) is 3.11. The third kappa shape index (κ3) is 3.88. The quantitative estimate of drug-likeness (QED) is 0.497. The molecule has 0 atom stereocenters. The van der Waals surface area contributed by atoms with Gasteiger partial charge in [0.15, 0.2) is 5.78 Å². The minimum atomic E-state index is -0.574. The fraction of sp³-hybridized carbons (Fsp3) is 0.133. The van der Waals surface area contributed by atoms with Crippen molar-refractivity contribution in [3.63, 3.8) is 0 Å². The molecule has 8 nitrogen and oxygen atoms in total. The van der Waals surface area contributed by atoms with Crippen molar-refractivity contribution in [2.75, 3.05) is 11.9 Å². The molecule has 0 heterocycles. The zero-order chi connectivity index (χ0) is 17.0. The molecule has 0 aliphatic rings. The molecule has 0 aliphatic heterocycles.